The molecule has 2 aromatic carbocycles. The maximum absolute atomic E-state index is 12.3. The summed E-state index contributed by atoms with van der Waals surface area (Å²) in [5.41, 5.74) is 2.01. The molecule has 0 spiro atoms. The fourth-order valence-electron chi connectivity index (χ4n) is 2.78. The first-order valence-corrected chi connectivity index (χ1v) is 9.51. The van der Waals surface area contributed by atoms with Gasteiger partial charge in [0.2, 0.25) is 0 Å². The van der Waals surface area contributed by atoms with Gasteiger partial charge in [0.05, 0.1) is 21.3 Å². The fraction of sp³-hybridized carbons (Fsp3) is 0.304. The molecule has 0 aliphatic rings. The third-order valence-electron chi connectivity index (χ3n) is 4.61. The van der Waals surface area contributed by atoms with Crippen LogP contribution in [0.25, 0.3) is 0 Å². The van der Waals surface area contributed by atoms with E-state index in [1.54, 1.807) is 21.3 Å². The van der Waals surface area contributed by atoms with Gasteiger partial charge in [0, 0.05) is 18.8 Å². The van der Waals surface area contributed by atoms with E-state index in [9.17, 15) is 10.1 Å². The lowest BCUT2D eigenvalue weighted by Crippen LogP contribution is -2.28. The lowest BCUT2D eigenvalue weighted by molar-refractivity contribution is -0.117. The maximum atomic E-state index is 12.3. The van der Waals surface area contributed by atoms with E-state index in [1.165, 1.54) is 6.20 Å². The van der Waals surface area contributed by atoms with Gasteiger partial charge in [0.25, 0.3) is 5.91 Å². The molecule has 0 fully saturated rings. The van der Waals surface area contributed by atoms with Crippen molar-refractivity contribution in [1.29, 1.82) is 5.26 Å². The SMILES string of the molecule is COc1ccc(CCNC(=O)/C(C#N)=C\NC(C)c2ccc(OC)c(OC)c2)cc1. The highest BCUT2D eigenvalue weighted by molar-refractivity contribution is 5.97. The van der Waals surface area contributed by atoms with Crippen LogP contribution in [0, 0.1) is 11.3 Å². The van der Waals surface area contributed by atoms with Crippen LogP contribution in [0.3, 0.4) is 0 Å². The third-order valence-corrected chi connectivity index (χ3v) is 4.61. The van der Waals surface area contributed by atoms with Crippen molar-refractivity contribution in [2.45, 2.75) is 19.4 Å². The number of hydrogen-bond acceptors (Lipinski definition) is 6. The molecule has 1 amide bonds. The number of methoxy groups -OCH3 is 3. The smallest absolute Gasteiger partial charge is 0.263 e. The summed E-state index contributed by atoms with van der Waals surface area (Å²) >= 11 is 0. The molecule has 0 bridgehead atoms. The minimum Gasteiger partial charge on any atom is -0.497 e. The highest BCUT2D eigenvalue weighted by Crippen LogP contribution is 2.29. The Hall–Kier alpha value is -3.66. The average Bonchev–Trinajstić information content (AvgIpc) is 2.79. The fourth-order valence-corrected chi connectivity index (χ4v) is 2.78. The molecule has 1 atom stereocenters. The molecule has 158 valence electrons. The molecule has 2 N–H and O–H groups in total. The first kappa shape index (κ1) is 22.6. The van der Waals surface area contributed by atoms with Gasteiger partial charge >= 0.3 is 0 Å². The topological polar surface area (TPSA) is 92.6 Å². The molecular weight excluding hydrogens is 382 g/mol. The molecule has 7 nitrogen and oxygen atoms in total. The monoisotopic (exact) mass is 409 g/mol. The number of nitrogens with one attached hydrogen (secondary N) is 2. The Kier molecular flexibility index (Phi) is 8.57. The zero-order chi connectivity index (χ0) is 21.9. The third kappa shape index (κ3) is 6.17. The van der Waals surface area contributed by atoms with E-state index in [0.29, 0.717) is 24.5 Å². The van der Waals surface area contributed by atoms with Crippen molar-refractivity contribution in [1.82, 2.24) is 10.6 Å². The van der Waals surface area contributed by atoms with Crippen LogP contribution < -0.4 is 24.8 Å². The summed E-state index contributed by atoms with van der Waals surface area (Å²) in [5, 5.41) is 15.2. The van der Waals surface area contributed by atoms with Crippen molar-refractivity contribution in [2.24, 2.45) is 0 Å². The van der Waals surface area contributed by atoms with E-state index in [-0.39, 0.29) is 11.6 Å². The lowest BCUT2D eigenvalue weighted by atomic mass is 10.1. The number of carbonyl (C=O) groups is 1. The second kappa shape index (κ2) is 11.4. The van der Waals surface area contributed by atoms with Crippen molar-refractivity contribution in [2.75, 3.05) is 27.9 Å². The molecule has 1 unspecified atom stereocenters. The predicted octanol–water partition coefficient (Wildman–Crippen LogP) is 3.13. The number of amides is 1. The highest BCUT2D eigenvalue weighted by atomic mass is 16.5. The highest BCUT2D eigenvalue weighted by Gasteiger charge is 2.12. The van der Waals surface area contributed by atoms with Gasteiger partial charge < -0.3 is 24.8 Å². The van der Waals surface area contributed by atoms with Crippen LogP contribution >= 0.6 is 0 Å². The normalized spacial score (nSPS) is 11.8. The molecule has 0 aliphatic heterocycles. The number of ether oxygens (including phenoxy) is 3. The molecule has 7 heteroatoms. The largest absolute Gasteiger partial charge is 0.497 e. The molecule has 2 aromatic rings. The summed E-state index contributed by atoms with van der Waals surface area (Å²) in [6.45, 7) is 2.35. The maximum Gasteiger partial charge on any atom is 0.263 e. The Balaban J connectivity index is 1.92. The zero-order valence-electron chi connectivity index (χ0n) is 17.7. The predicted molar refractivity (Wildman–Crippen MR) is 115 cm³/mol. The van der Waals surface area contributed by atoms with E-state index in [0.717, 1.165) is 16.9 Å². The van der Waals surface area contributed by atoms with E-state index >= 15 is 0 Å². The van der Waals surface area contributed by atoms with Crippen LogP contribution in [-0.4, -0.2) is 33.8 Å². The van der Waals surface area contributed by atoms with Crippen LogP contribution in [0.4, 0.5) is 0 Å². The molecular formula is C23H27N3O4. The summed E-state index contributed by atoms with van der Waals surface area (Å²) in [5.74, 6) is 1.62. The summed E-state index contributed by atoms with van der Waals surface area (Å²) in [4.78, 5) is 12.3. The van der Waals surface area contributed by atoms with Crippen LogP contribution in [0.5, 0.6) is 17.2 Å². The summed E-state index contributed by atoms with van der Waals surface area (Å²) < 4.78 is 15.7. The number of hydrogen-bond donors (Lipinski definition) is 2. The number of nitrogens with zero attached hydrogens (tertiary/aromatic N) is 1. The van der Waals surface area contributed by atoms with Crippen LogP contribution in [0.2, 0.25) is 0 Å². The van der Waals surface area contributed by atoms with E-state index in [2.05, 4.69) is 10.6 Å². The van der Waals surface area contributed by atoms with Crippen molar-refractivity contribution in [3.05, 3.63) is 65.4 Å². The van der Waals surface area contributed by atoms with Crippen molar-refractivity contribution < 1.29 is 19.0 Å². The minimum atomic E-state index is -0.418. The Labute approximate surface area is 177 Å². The van der Waals surface area contributed by atoms with Gasteiger partial charge in [-0.3, -0.25) is 4.79 Å². The molecule has 0 heterocycles. The first-order valence-electron chi connectivity index (χ1n) is 9.51. The summed E-state index contributed by atoms with van der Waals surface area (Å²) in [6, 6.07) is 15.0. The Morgan fingerprint density at radius 3 is 2.37 bits per heavy atom. The molecule has 0 saturated carbocycles. The molecule has 0 radical (unpaired) electrons. The van der Waals surface area contributed by atoms with E-state index in [4.69, 9.17) is 14.2 Å². The summed E-state index contributed by atoms with van der Waals surface area (Å²) in [7, 11) is 4.77. The molecule has 2 rings (SSSR count). The Morgan fingerprint density at radius 1 is 1.07 bits per heavy atom. The van der Waals surface area contributed by atoms with Gasteiger partial charge in [0.15, 0.2) is 11.5 Å². The van der Waals surface area contributed by atoms with Gasteiger partial charge in [-0.25, -0.2) is 0 Å². The van der Waals surface area contributed by atoms with Crippen molar-refractivity contribution in [3.63, 3.8) is 0 Å². The molecule has 30 heavy (non-hydrogen) atoms. The number of nitriles is 1. The molecule has 0 aliphatic carbocycles. The second-order valence-corrected chi connectivity index (χ2v) is 6.53. The van der Waals surface area contributed by atoms with Crippen LogP contribution in [-0.2, 0) is 11.2 Å². The number of rotatable bonds is 10. The van der Waals surface area contributed by atoms with Gasteiger partial charge in [-0.1, -0.05) is 18.2 Å². The van der Waals surface area contributed by atoms with Gasteiger partial charge in [-0.05, 0) is 48.7 Å². The van der Waals surface area contributed by atoms with Gasteiger partial charge in [-0.2, -0.15) is 5.26 Å². The van der Waals surface area contributed by atoms with Crippen molar-refractivity contribution >= 4 is 5.91 Å². The zero-order valence-corrected chi connectivity index (χ0v) is 17.7. The molecule has 0 aromatic heterocycles. The Bertz CT molecular complexity index is 917. The van der Waals surface area contributed by atoms with E-state index in [1.807, 2.05) is 55.5 Å². The second-order valence-electron chi connectivity index (χ2n) is 6.53. The van der Waals surface area contributed by atoms with Gasteiger partial charge in [-0.15, -0.1) is 0 Å². The number of carbonyl (C=O) groups excluding carboxylic acids is 1. The Morgan fingerprint density at radius 2 is 1.77 bits per heavy atom. The first-order chi connectivity index (χ1) is 14.5. The minimum absolute atomic E-state index is 0.0112. The summed E-state index contributed by atoms with van der Waals surface area (Å²) in [6.07, 6.45) is 2.09. The average molecular weight is 409 g/mol. The number of benzene rings is 2. The van der Waals surface area contributed by atoms with Crippen LogP contribution in [0.1, 0.15) is 24.1 Å². The van der Waals surface area contributed by atoms with Gasteiger partial charge in [0.1, 0.15) is 17.4 Å². The molecule has 0 saturated heterocycles. The van der Waals surface area contributed by atoms with Crippen molar-refractivity contribution in [3.8, 4) is 23.3 Å². The quantitative estimate of drug-likeness (QED) is 0.463. The standard InChI is InChI=1S/C23H27N3O4/c1-16(18-7-10-21(29-3)22(13-18)30-4)26-15-19(14-24)23(27)25-12-11-17-5-8-20(28-2)9-6-17/h5-10,13,15-16,26H,11-12H2,1-4H3,(H,25,27)/b19-15-. The van der Waals surface area contributed by atoms with E-state index < -0.39 is 5.91 Å². The van der Waals surface area contributed by atoms with Crippen LogP contribution in [0.15, 0.2) is 54.2 Å². The lowest BCUT2D eigenvalue weighted by Gasteiger charge is -2.15.